The summed E-state index contributed by atoms with van der Waals surface area (Å²) in [6, 6.07) is 0. The summed E-state index contributed by atoms with van der Waals surface area (Å²) in [5, 5.41) is 0. The molecule has 0 aromatic rings. The first-order valence-electron chi connectivity index (χ1n) is 6.80. The molecule has 1 saturated heterocycles. The summed E-state index contributed by atoms with van der Waals surface area (Å²) in [5.41, 5.74) is 6.57. The van der Waals surface area contributed by atoms with Crippen LogP contribution in [0.25, 0.3) is 0 Å². The molecule has 1 fully saturated rings. The molecule has 0 radical (unpaired) electrons. The Morgan fingerprint density at radius 3 is 2.50 bits per heavy atom. The Morgan fingerprint density at radius 1 is 1.19 bits per heavy atom. The second-order valence-corrected chi connectivity index (χ2v) is 6.95. The van der Waals surface area contributed by atoms with Crippen molar-refractivity contribution in [3.63, 3.8) is 0 Å². The monoisotopic (exact) mass is 226 g/mol. The maximum absolute atomic E-state index is 6.01. The van der Waals surface area contributed by atoms with Crippen molar-refractivity contribution in [3.05, 3.63) is 0 Å². The van der Waals surface area contributed by atoms with Crippen LogP contribution in [0.1, 0.15) is 59.8 Å². The predicted octanol–water partition coefficient (Wildman–Crippen LogP) is 3.02. The summed E-state index contributed by atoms with van der Waals surface area (Å²) in [6.45, 7) is 12.8. The number of likely N-dealkylation sites (tertiary alicyclic amines) is 1. The summed E-state index contributed by atoms with van der Waals surface area (Å²) < 4.78 is 0. The van der Waals surface area contributed by atoms with E-state index >= 15 is 0 Å². The zero-order valence-corrected chi connectivity index (χ0v) is 11.7. The highest BCUT2D eigenvalue weighted by molar-refractivity contribution is 4.77. The fourth-order valence-electron chi connectivity index (χ4n) is 2.46. The van der Waals surface area contributed by atoms with E-state index in [9.17, 15) is 0 Å². The van der Waals surface area contributed by atoms with Crippen LogP contribution in [0.2, 0.25) is 0 Å². The van der Waals surface area contributed by atoms with Crippen molar-refractivity contribution >= 4 is 0 Å². The average molecular weight is 226 g/mol. The number of nitrogens with two attached hydrogens (primary N) is 1. The summed E-state index contributed by atoms with van der Waals surface area (Å²) in [7, 11) is 0. The first-order chi connectivity index (χ1) is 7.29. The number of nitrogens with zero attached hydrogens (tertiary/aromatic N) is 1. The van der Waals surface area contributed by atoms with Gasteiger partial charge in [0.15, 0.2) is 0 Å². The minimum absolute atomic E-state index is 0.00508. The number of rotatable bonds is 4. The molecule has 16 heavy (non-hydrogen) atoms. The molecule has 2 heteroatoms. The molecule has 0 saturated carbocycles. The molecule has 1 rings (SSSR count). The van der Waals surface area contributed by atoms with E-state index in [4.69, 9.17) is 5.73 Å². The molecule has 1 heterocycles. The van der Waals surface area contributed by atoms with E-state index in [1.165, 1.54) is 45.3 Å². The Hall–Kier alpha value is -0.0800. The van der Waals surface area contributed by atoms with Crippen molar-refractivity contribution in [3.8, 4) is 0 Å². The van der Waals surface area contributed by atoms with Gasteiger partial charge < -0.3 is 10.6 Å². The molecule has 96 valence electrons. The summed E-state index contributed by atoms with van der Waals surface area (Å²) in [4.78, 5) is 2.63. The van der Waals surface area contributed by atoms with Gasteiger partial charge in [-0.3, -0.25) is 0 Å². The van der Waals surface area contributed by atoms with Gasteiger partial charge in [0.2, 0.25) is 0 Å². The molecule has 2 N–H and O–H groups in total. The highest BCUT2D eigenvalue weighted by Gasteiger charge is 2.22. The Bertz CT molecular complexity index is 203. The van der Waals surface area contributed by atoms with Gasteiger partial charge in [-0.1, -0.05) is 13.8 Å². The highest BCUT2D eigenvalue weighted by Crippen LogP contribution is 2.29. The summed E-state index contributed by atoms with van der Waals surface area (Å²) >= 11 is 0. The van der Waals surface area contributed by atoms with Crippen LogP contribution in [0.3, 0.4) is 0 Å². The fraction of sp³-hybridized carbons (Fsp3) is 1.00. The van der Waals surface area contributed by atoms with E-state index in [1.807, 2.05) is 0 Å². The normalized spacial score (nSPS) is 23.1. The van der Waals surface area contributed by atoms with E-state index in [0.29, 0.717) is 5.41 Å². The van der Waals surface area contributed by atoms with Gasteiger partial charge in [-0.15, -0.1) is 0 Å². The van der Waals surface area contributed by atoms with Crippen LogP contribution in [0.5, 0.6) is 0 Å². The second kappa shape index (κ2) is 5.50. The Morgan fingerprint density at radius 2 is 1.88 bits per heavy atom. The van der Waals surface area contributed by atoms with E-state index < -0.39 is 0 Å². The third kappa shape index (κ3) is 5.86. The van der Waals surface area contributed by atoms with Crippen molar-refractivity contribution in [2.45, 2.75) is 65.3 Å². The van der Waals surface area contributed by atoms with Crippen LogP contribution in [0.15, 0.2) is 0 Å². The van der Waals surface area contributed by atoms with Crippen LogP contribution < -0.4 is 5.73 Å². The highest BCUT2D eigenvalue weighted by atomic mass is 15.1. The lowest BCUT2D eigenvalue weighted by Crippen LogP contribution is -2.34. The molecular weight excluding hydrogens is 196 g/mol. The Kier molecular flexibility index (Phi) is 4.81. The largest absolute Gasteiger partial charge is 0.326 e. The third-order valence-corrected chi connectivity index (χ3v) is 3.73. The SMILES string of the molecule is CC(C)(N)CCCN1CCCC(C)(C)CC1. The summed E-state index contributed by atoms with van der Waals surface area (Å²) in [5.74, 6) is 0. The minimum atomic E-state index is 0.00508. The summed E-state index contributed by atoms with van der Waals surface area (Å²) in [6.07, 6.45) is 6.46. The van der Waals surface area contributed by atoms with E-state index in [0.717, 1.165) is 6.42 Å². The van der Waals surface area contributed by atoms with Crippen LogP contribution in [0.4, 0.5) is 0 Å². The van der Waals surface area contributed by atoms with Crippen LogP contribution in [0, 0.1) is 5.41 Å². The van der Waals surface area contributed by atoms with Crippen molar-refractivity contribution in [1.29, 1.82) is 0 Å². The smallest absolute Gasteiger partial charge is 0.00975 e. The quantitative estimate of drug-likeness (QED) is 0.798. The number of hydrogen-bond donors (Lipinski definition) is 1. The standard InChI is InChI=1S/C14H30N2/c1-13(2)7-5-10-16(12-9-13)11-6-8-14(3,4)15/h5-12,15H2,1-4H3. The van der Waals surface area contributed by atoms with Gasteiger partial charge in [0, 0.05) is 5.54 Å². The van der Waals surface area contributed by atoms with Gasteiger partial charge in [-0.05, 0) is 71.0 Å². The molecule has 0 atom stereocenters. The Labute approximate surface area is 102 Å². The first kappa shape index (κ1) is 14.0. The zero-order chi connectivity index (χ0) is 12.2. The maximum Gasteiger partial charge on any atom is 0.00975 e. The second-order valence-electron chi connectivity index (χ2n) is 6.95. The third-order valence-electron chi connectivity index (χ3n) is 3.73. The molecule has 0 unspecified atom stereocenters. The van der Waals surface area contributed by atoms with Crippen molar-refractivity contribution in [1.82, 2.24) is 4.90 Å². The first-order valence-corrected chi connectivity index (χ1v) is 6.80. The molecule has 0 amide bonds. The minimum Gasteiger partial charge on any atom is -0.326 e. The van der Waals surface area contributed by atoms with Gasteiger partial charge in [-0.25, -0.2) is 0 Å². The molecular formula is C14H30N2. The molecule has 0 aromatic carbocycles. The molecule has 0 aliphatic carbocycles. The van der Waals surface area contributed by atoms with Crippen LogP contribution in [-0.2, 0) is 0 Å². The molecule has 0 spiro atoms. The lowest BCUT2D eigenvalue weighted by Gasteiger charge is -2.24. The Balaban J connectivity index is 2.23. The lowest BCUT2D eigenvalue weighted by molar-refractivity contribution is 0.251. The molecule has 1 aliphatic rings. The molecule has 0 bridgehead atoms. The van der Waals surface area contributed by atoms with E-state index in [1.54, 1.807) is 0 Å². The predicted molar refractivity (Wildman–Crippen MR) is 71.6 cm³/mol. The van der Waals surface area contributed by atoms with Gasteiger partial charge in [-0.2, -0.15) is 0 Å². The van der Waals surface area contributed by atoms with Crippen molar-refractivity contribution < 1.29 is 0 Å². The average Bonchev–Trinajstić information content (AvgIpc) is 2.26. The van der Waals surface area contributed by atoms with Crippen LogP contribution in [-0.4, -0.2) is 30.1 Å². The van der Waals surface area contributed by atoms with Gasteiger partial charge in [0.25, 0.3) is 0 Å². The van der Waals surface area contributed by atoms with Crippen LogP contribution >= 0.6 is 0 Å². The van der Waals surface area contributed by atoms with Gasteiger partial charge in [0.1, 0.15) is 0 Å². The van der Waals surface area contributed by atoms with E-state index in [2.05, 4.69) is 32.6 Å². The lowest BCUT2D eigenvalue weighted by atomic mass is 9.85. The number of hydrogen-bond acceptors (Lipinski definition) is 2. The van der Waals surface area contributed by atoms with Crippen molar-refractivity contribution in [2.75, 3.05) is 19.6 Å². The maximum atomic E-state index is 6.01. The molecule has 0 aromatic heterocycles. The zero-order valence-electron chi connectivity index (χ0n) is 11.7. The van der Waals surface area contributed by atoms with E-state index in [-0.39, 0.29) is 5.54 Å². The van der Waals surface area contributed by atoms with Gasteiger partial charge in [0.05, 0.1) is 0 Å². The topological polar surface area (TPSA) is 29.3 Å². The molecule has 2 nitrogen and oxygen atoms in total. The molecule has 1 aliphatic heterocycles. The van der Waals surface area contributed by atoms with Gasteiger partial charge >= 0.3 is 0 Å². The fourth-order valence-corrected chi connectivity index (χ4v) is 2.46. The van der Waals surface area contributed by atoms with Crippen molar-refractivity contribution in [2.24, 2.45) is 11.1 Å².